The first kappa shape index (κ1) is 13.6. The van der Waals surface area contributed by atoms with Gasteiger partial charge in [0.1, 0.15) is 6.54 Å². The highest BCUT2D eigenvalue weighted by Gasteiger charge is 2.19. The van der Waals surface area contributed by atoms with Crippen molar-refractivity contribution in [2.45, 2.75) is 6.92 Å². The number of carbonyl (C=O) groups excluding carboxylic acids is 1. The van der Waals surface area contributed by atoms with Crippen LogP contribution < -0.4 is 5.73 Å². The first-order valence-corrected chi connectivity index (χ1v) is 5.27. The summed E-state index contributed by atoms with van der Waals surface area (Å²) in [6.07, 6.45) is 5.13. The second-order valence-corrected chi connectivity index (χ2v) is 3.78. The molecule has 5 heteroatoms. The first-order valence-electron chi connectivity index (χ1n) is 5.27. The van der Waals surface area contributed by atoms with E-state index in [2.05, 4.69) is 5.92 Å². The van der Waals surface area contributed by atoms with Gasteiger partial charge in [-0.25, -0.2) is 0 Å². The maximum atomic E-state index is 12.2. The average Bonchev–Trinajstić information content (AvgIpc) is 2.31. The van der Waals surface area contributed by atoms with Crippen LogP contribution in [0.1, 0.15) is 15.9 Å². The number of carboxylic acid groups (broad SMARTS) is 1. The van der Waals surface area contributed by atoms with E-state index in [-0.39, 0.29) is 6.54 Å². The number of carboxylic acids is 1. The number of terminal acetylenes is 1. The monoisotopic (exact) mass is 246 g/mol. The zero-order chi connectivity index (χ0) is 13.7. The maximum absolute atomic E-state index is 12.2. The number of nitrogens with two attached hydrogens (primary N) is 1. The van der Waals surface area contributed by atoms with Crippen LogP contribution in [-0.2, 0) is 4.79 Å². The zero-order valence-corrected chi connectivity index (χ0v) is 10.0. The molecule has 3 N–H and O–H groups in total. The molecular weight excluding hydrogens is 232 g/mol. The molecule has 0 aliphatic carbocycles. The van der Waals surface area contributed by atoms with Crippen LogP contribution in [0.4, 0.5) is 5.69 Å². The van der Waals surface area contributed by atoms with Crippen LogP contribution in [-0.4, -0.2) is 35.0 Å². The number of hydrogen-bond donors (Lipinski definition) is 2. The van der Waals surface area contributed by atoms with E-state index in [1.54, 1.807) is 25.1 Å². The summed E-state index contributed by atoms with van der Waals surface area (Å²) < 4.78 is 0. The molecule has 0 saturated carbocycles. The van der Waals surface area contributed by atoms with E-state index in [0.29, 0.717) is 16.8 Å². The molecule has 0 atom stereocenters. The Morgan fingerprint density at radius 3 is 2.72 bits per heavy atom. The third kappa shape index (κ3) is 3.01. The van der Waals surface area contributed by atoms with E-state index in [1.165, 1.54) is 0 Å². The van der Waals surface area contributed by atoms with Crippen LogP contribution in [0.25, 0.3) is 0 Å². The van der Waals surface area contributed by atoms with Crippen molar-refractivity contribution in [3.05, 3.63) is 29.3 Å². The number of benzene rings is 1. The molecule has 0 aliphatic heterocycles. The Bertz CT molecular complexity index is 517. The third-order valence-electron chi connectivity index (χ3n) is 2.50. The fraction of sp³-hybridized carbons (Fsp3) is 0.231. The summed E-state index contributed by atoms with van der Waals surface area (Å²) in [6, 6.07) is 4.92. The molecule has 0 heterocycles. The molecule has 94 valence electrons. The van der Waals surface area contributed by atoms with Gasteiger partial charge in [-0.2, -0.15) is 0 Å². The van der Waals surface area contributed by atoms with Crippen LogP contribution in [0.3, 0.4) is 0 Å². The molecule has 1 amide bonds. The Kier molecular flexibility index (Phi) is 4.33. The second-order valence-electron chi connectivity index (χ2n) is 3.78. The number of anilines is 1. The van der Waals surface area contributed by atoms with Crippen LogP contribution in [0.2, 0.25) is 0 Å². The summed E-state index contributed by atoms with van der Waals surface area (Å²) in [5, 5.41) is 8.74. The molecule has 0 fully saturated rings. The van der Waals surface area contributed by atoms with Gasteiger partial charge in [-0.05, 0) is 24.6 Å². The number of nitrogen functional groups attached to an aromatic ring is 1. The van der Waals surface area contributed by atoms with E-state index in [4.69, 9.17) is 17.3 Å². The van der Waals surface area contributed by atoms with Gasteiger partial charge in [0, 0.05) is 11.3 Å². The quantitative estimate of drug-likeness (QED) is 0.606. The molecule has 0 spiro atoms. The largest absolute Gasteiger partial charge is 0.480 e. The van der Waals surface area contributed by atoms with Crippen LogP contribution >= 0.6 is 0 Å². The Morgan fingerprint density at radius 2 is 2.17 bits per heavy atom. The summed E-state index contributed by atoms with van der Waals surface area (Å²) in [5.74, 6) is 0.727. The van der Waals surface area contributed by atoms with Gasteiger partial charge in [0.15, 0.2) is 0 Å². The van der Waals surface area contributed by atoms with E-state index in [1.807, 2.05) is 0 Å². The van der Waals surface area contributed by atoms with Gasteiger partial charge in [0.05, 0.1) is 6.54 Å². The Morgan fingerprint density at radius 1 is 1.50 bits per heavy atom. The highest BCUT2D eigenvalue weighted by Crippen LogP contribution is 2.17. The van der Waals surface area contributed by atoms with Crippen molar-refractivity contribution >= 4 is 17.6 Å². The fourth-order valence-corrected chi connectivity index (χ4v) is 1.53. The Balaban J connectivity index is 3.06. The fourth-order valence-electron chi connectivity index (χ4n) is 1.53. The minimum absolute atomic E-state index is 0.0562. The highest BCUT2D eigenvalue weighted by atomic mass is 16.4. The lowest BCUT2D eigenvalue weighted by Gasteiger charge is -2.19. The third-order valence-corrected chi connectivity index (χ3v) is 2.50. The Hall–Kier alpha value is -2.48. The summed E-state index contributed by atoms with van der Waals surface area (Å²) in [6.45, 7) is 1.22. The van der Waals surface area contributed by atoms with Crippen LogP contribution in [0, 0.1) is 19.3 Å². The molecule has 0 saturated heterocycles. The van der Waals surface area contributed by atoms with Gasteiger partial charge in [-0.3, -0.25) is 9.59 Å². The molecule has 0 aromatic heterocycles. The minimum Gasteiger partial charge on any atom is -0.480 e. The van der Waals surface area contributed by atoms with Crippen LogP contribution in [0.15, 0.2) is 18.2 Å². The van der Waals surface area contributed by atoms with Gasteiger partial charge >= 0.3 is 5.97 Å². The lowest BCUT2D eigenvalue weighted by atomic mass is 10.1. The van der Waals surface area contributed by atoms with Crippen molar-refractivity contribution in [2.75, 3.05) is 18.8 Å². The molecule has 1 aromatic carbocycles. The molecule has 1 aromatic rings. The van der Waals surface area contributed by atoms with Gasteiger partial charge < -0.3 is 15.7 Å². The van der Waals surface area contributed by atoms with Gasteiger partial charge in [-0.15, -0.1) is 6.42 Å². The standard InChI is InChI=1S/C13H14N2O3/c1-3-7-15(8-12(16)17)13(18)10-5-4-6-11(14)9(10)2/h1,4-6H,7-8,14H2,2H3,(H,16,17). The predicted molar refractivity (Wildman–Crippen MR) is 68.0 cm³/mol. The van der Waals surface area contributed by atoms with E-state index >= 15 is 0 Å². The molecule has 0 bridgehead atoms. The van der Waals surface area contributed by atoms with Crippen LogP contribution in [0.5, 0.6) is 0 Å². The van der Waals surface area contributed by atoms with Crippen molar-refractivity contribution in [1.29, 1.82) is 0 Å². The zero-order valence-electron chi connectivity index (χ0n) is 10.0. The van der Waals surface area contributed by atoms with Crippen molar-refractivity contribution in [2.24, 2.45) is 0 Å². The van der Waals surface area contributed by atoms with Crippen molar-refractivity contribution in [1.82, 2.24) is 4.90 Å². The SMILES string of the molecule is C#CCN(CC(=O)O)C(=O)c1cccc(N)c1C. The molecular formula is C13H14N2O3. The highest BCUT2D eigenvalue weighted by molar-refractivity contribution is 5.98. The number of aliphatic carboxylic acids is 1. The van der Waals surface area contributed by atoms with Gasteiger partial charge in [0.2, 0.25) is 0 Å². The summed E-state index contributed by atoms with van der Waals surface area (Å²) in [4.78, 5) is 23.9. The number of nitrogens with zero attached hydrogens (tertiary/aromatic N) is 1. The molecule has 5 nitrogen and oxygen atoms in total. The van der Waals surface area contributed by atoms with Crippen molar-refractivity contribution < 1.29 is 14.7 Å². The first-order chi connectivity index (χ1) is 8.47. The summed E-state index contributed by atoms with van der Waals surface area (Å²) >= 11 is 0. The number of hydrogen-bond acceptors (Lipinski definition) is 3. The van der Waals surface area contributed by atoms with Gasteiger partial charge in [-0.1, -0.05) is 12.0 Å². The molecule has 1 rings (SSSR count). The second kappa shape index (κ2) is 5.73. The minimum atomic E-state index is -1.11. The number of amides is 1. The van der Waals surface area contributed by atoms with Gasteiger partial charge in [0.25, 0.3) is 5.91 Å². The topological polar surface area (TPSA) is 83.6 Å². The Labute approximate surface area is 105 Å². The number of carbonyl (C=O) groups is 2. The maximum Gasteiger partial charge on any atom is 0.323 e. The lowest BCUT2D eigenvalue weighted by molar-refractivity contribution is -0.137. The summed E-state index contributed by atoms with van der Waals surface area (Å²) in [5.41, 5.74) is 7.18. The van der Waals surface area contributed by atoms with Crippen molar-refractivity contribution in [3.8, 4) is 12.3 Å². The lowest BCUT2D eigenvalue weighted by Crippen LogP contribution is -2.36. The summed E-state index contributed by atoms with van der Waals surface area (Å²) in [7, 11) is 0. The smallest absolute Gasteiger partial charge is 0.323 e. The van der Waals surface area contributed by atoms with Crippen molar-refractivity contribution in [3.63, 3.8) is 0 Å². The molecule has 0 radical (unpaired) electrons. The average molecular weight is 246 g/mol. The van der Waals surface area contributed by atoms with E-state index in [9.17, 15) is 9.59 Å². The normalized spacial score (nSPS) is 9.56. The molecule has 0 aliphatic rings. The molecule has 18 heavy (non-hydrogen) atoms. The number of rotatable bonds is 4. The predicted octanol–water partition coefficient (Wildman–Crippen LogP) is 0.737. The van der Waals surface area contributed by atoms with E-state index < -0.39 is 18.4 Å². The van der Waals surface area contributed by atoms with E-state index in [0.717, 1.165) is 4.90 Å². The molecule has 0 unspecified atom stereocenters.